The molecule has 0 saturated carbocycles. The molecule has 3 N–H and O–H groups in total. The minimum atomic E-state index is -0.963. The fourth-order valence-corrected chi connectivity index (χ4v) is 1.39. The van der Waals surface area contributed by atoms with E-state index in [1.807, 2.05) is 6.07 Å². The Kier molecular flexibility index (Phi) is 5.51. The second-order valence-corrected chi connectivity index (χ2v) is 3.97. The Morgan fingerprint density at radius 2 is 2.11 bits per heavy atom. The van der Waals surface area contributed by atoms with Gasteiger partial charge in [-0.15, -0.1) is 0 Å². The van der Waals surface area contributed by atoms with Gasteiger partial charge in [-0.25, -0.2) is 0 Å². The number of carbonyl (C=O) groups is 2. The molecule has 19 heavy (non-hydrogen) atoms. The average molecular weight is 261 g/mol. The molecule has 1 amide bonds. The van der Waals surface area contributed by atoms with Crippen LogP contribution in [-0.2, 0) is 9.59 Å². The number of hydrogen-bond donors (Lipinski definition) is 3. The summed E-state index contributed by atoms with van der Waals surface area (Å²) in [7, 11) is 0. The molecule has 0 aliphatic heterocycles. The number of carboxylic acids is 1. The van der Waals surface area contributed by atoms with Gasteiger partial charge in [-0.3, -0.25) is 9.59 Å². The number of carboxylic acid groups (broad SMARTS) is 1. The lowest BCUT2D eigenvalue weighted by atomic mass is 10.2. The highest BCUT2D eigenvalue weighted by atomic mass is 16.4. The maximum Gasteiger partial charge on any atom is 0.320 e. The first-order valence-electron chi connectivity index (χ1n) is 5.79. The van der Waals surface area contributed by atoms with Gasteiger partial charge in [0.2, 0.25) is 5.91 Å². The molecular weight excluding hydrogens is 246 g/mol. The molecular formula is C13H15N3O3. The number of para-hydroxylation sites is 1. The van der Waals surface area contributed by atoms with Gasteiger partial charge in [0.15, 0.2) is 0 Å². The number of anilines is 1. The van der Waals surface area contributed by atoms with E-state index in [1.165, 1.54) is 6.92 Å². The third kappa shape index (κ3) is 4.77. The van der Waals surface area contributed by atoms with E-state index in [4.69, 9.17) is 10.4 Å². The van der Waals surface area contributed by atoms with Crippen LogP contribution in [0.3, 0.4) is 0 Å². The number of rotatable bonds is 6. The summed E-state index contributed by atoms with van der Waals surface area (Å²) in [6.07, 6.45) is 0.136. The topological polar surface area (TPSA) is 102 Å². The Bertz CT molecular complexity index is 508. The molecule has 1 aromatic rings. The molecule has 0 unspecified atom stereocenters. The van der Waals surface area contributed by atoms with E-state index in [2.05, 4.69) is 10.6 Å². The van der Waals surface area contributed by atoms with E-state index < -0.39 is 12.0 Å². The molecule has 0 aromatic heterocycles. The summed E-state index contributed by atoms with van der Waals surface area (Å²) in [6, 6.07) is 7.98. The van der Waals surface area contributed by atoms with Crippen LogP contribution in [0.25, 0.3) is 0 Å². The van der Waals surface area contributed by atoms with Gasteiger partial charge < -0.3 is 15.7 Å². The molecule has 0 saturated heterocycles. The van der Waals surface area contributed by atoms with E-state index >= 15 is 0 Å². The molecule has 1 rings (SSSR count). The highest BCUT2D eigenvalue weighted by molar-refractivity contribution is 5.92. The van der Waals surface area contributed by atoms with Gasteiger partial charge in [-0.05, 0) is 19.1 Å². The molecule has 0 fully saturated rings. The van der Waals surface area contributed by atoms with Crippen molar-refractivity contribution in [3.05, 3.63) is 29.8 Å². The molecule has 0 aliphatic carbocycles. The van der Waals surface area contributed by atoms with Gasteiger partial charge in [0.05, 0.1) is 11.3 Å². The first kappa shape index (κ1) is 14.7. The summed E-state index contributed by atoms with van der Waals surface area (Å²) < 4.78 is 0. The lowest BCUT2D eigenvalue weighted by Gasteiger charge is -2.09. The van der Waals surface area contributed by atoms with Crippen LogP contribution in [-0.4, -0.2) is 29.6 Å². The second-order valence-electron chi connectivity index (χ2n) is 3.97. The van der Waals surface area contributed by atoms with Gasteiger partial charge >= 0.3 is 5.97 Å². The standard InChI is InChI=1S/C13H15N3O3/c1-9(13(18)19)15-7-6-12(17)16-11-5-3-2-4-10(11)8-14/h2-5,9,15H,6-7H2,1H3,(H,16,17)(H,18,19)/t9-/m0/s1. The summed E-state index contributed by atoms with van der Waals surface area (Å²) >= 11 is 0. The van der Waals surface area contributed by atoms with Crippen molar-refractivity contribution in [3.8, 4) is 6.07 Å². The normalized spacial score (nSPS) is 11.4. The average Bonchev–Trinajstić information content (AvgIpc) is 2.39. The quantitative estimate of drug-likeness (QED) is 0.707. The minimum Gasteiger partial charge on any atom is -0.480 e. The van der Waals surface area contributed by atoms with Crippen LogP contribution in [0, 0.1) is 11.3 Å². The van der Waals surface area contributed by atoms with E-state index in [1.54, 1.807) is 24.3 Å². The molecule has 0 aliphatic rings. The van der Waals surface area contributed by atoms with Crippen molar-refractivity contribution in [1.29, 1.82) is 5.26 Å². The Labute approximate surface area is 111 Å². The van der Waals surface area contributed by atoms with Crippen LogP contribution >= 0.6 is 0 Å². The first-order valence-corrected chi connectivity index (χ1v) is 5.79. The molecule has 0 radical (unpaired) electrons. The number of hydrogen-bond acceptors (Lipinski definition) is 4. The molecule has 0 spiro atoms. The van der Waals surface area contributed by atoms with Crippen molar-refractivity contribution in [2.24, 2.45) is 0 Å². The number of nitrogens with one attached hydrogen (secondary N) is 2. The van der Waals surface area contributed by atoms with E-state index in [-0.39, 0.29) is 18.9 Å². The molecule has 1 atom stereocenters. The van der Waals surface area contributed by atoms with Crippen molar-refractivity contribution < 1.29 is 14.7 Å². The zero-order valence-electron chi connectivity index (χ0n) is 10.5. The van der Waals surface area contributed by atoms with Gasteiger partial charge in [0, 0.05) is 13.0 Å². The third-order valence-corrected chi connectivity index (χ3v) is 2.49. The number of nitriles is 1. The summed E-state index contributed by atoms with van der Waals surface area (Å²) in [4.78, 5) is 22.2. The maximum absolute atomic E-state index is 11.6. The zero-order chi connectivity index (χ0) is 14.3. The van der Waals surface area contributed by atoms with Crippen molar-refractivity contribution in [2.75, 3.05) is 11.9 Å². The number of carbonyl (C=O) groups excluding carboxylic acids is 1. The largest absolute Gasteiger partial charge is 0.480 e. The van der Waals surface area contributed by atoms with Crippen molar-refractivity contribution >= 4 is 17.6 Å². The fraction of sp³-hybridized carbons (Fsp3) is 0.308. The van der Waals surface area contributed by atoms with Crippen LogP contribution in [0.2, 0.25) is 0 Å². The van der Waals surface area contributed by atoms with Crippen molar-refractivity contribution in [3.63, 3.8) is 0 Å². The Hall–Kier alpha value is -2.39. The van der Waals surface area contributed by atoms with Gasteiger partial charge in [0.25, 0.3) is 0 Å². The van der Waals surface area contributed by atoms with E-state index in [9.17, 15) is 9.59 Å². The maximum atomic E-state index is 11.6. The summed E-state index contributed by atoms with van der Waals surface area (Å²) in [6.45, 7) is 1.76. The number of nitrogens with zero attached hydrogens (tertiary/aromatic N) is 1. The number of aliphatic carboxylic acids is 1. The number of amides is 1. The van der Waals surface area contributed by atoms with Crippen molar-refractivity contribution in [1.82, 2.24) is 5.32 Å². The highest BCUT2D eigenvalue weighted by Gasteiger charge is 2.11. The minimum absolute atomic E-state index is 0.136. The SMILES string of the molecule is C[C@H](NCCC(=O)Nc1ccccc1C#N)C(=O)O. The lowest BCUT2D eigenvalue weighted by Crippen LogP contribution is -2.35. The lowest BCUT2D eigenvalue weighted by molar-refractivity contribution is -0.139. The Balaban J connectivity index is 2.44. The second kappa shape index (κ2) is 7.13. The summed E-state index contributed by atoms with van der Waals surface area (Å²) in [5.74, 6) is -1.23. The van der Waals surface area contributed by atoms with E-state index in [0.717, 1.165) is 0 Å². The molecule has 1 aromatic carbocycles. The van der Waals surface area contributed by atoms with Crippen LogP contribution in [0.4, 0.5) is 5.69 Å². The first-order chi connectivity index (χ1) is 9.04. The zero-order valence-corrected chi connectivity index (χ0v) is 10.5. The Morgan fingerprint density at radius 1 is 1.42 bits per heavy atom. The van der Waals surface area contributed by atoms with Gasteiger partial charge in [0.1, 0.15) is 12.1 Å². The summed E-state index contributed by atoms with van der Waals surface area (Å²) in [5, 5.41) is 22.8. The van der Waals surface area contributed by atoms with Gasteiger partial charge in [-0.1, -0.05) is 12.1 Å². The van der Waals surface area contributed by atoms with Crippen LogP contribution in [0.5, 0.6) is 0 Å². The molecule has 6 heteroatoms. The van der Waals surface area contributed by atoms with Crippen LogP contribution < -0.4 is 10.6 Å². The molecule has 6 nitrogen and oxygen atoms in total. The molecule has 0 heterocycles. The summed E-state index contributed by atoms with van der Waals surface area (Å²) in [5.41, 5.74) is 0.851. The van der Waals surface area contributed by atoms with Crippen molar-refractivity contribution in [2.45, 2.75) is 19.4 Å². The fourth-order valence-electron chi connectivity index (χ4n) is 1.39. The third-order valence-electron chi connectivity index (χ3n) is 2.49. The van der Waals surface area contributed by atoms with Gasteiger partial charge in [-0.2, -0.15) is 5.26 Å². The monoisotopic (exact) mass is 261 g/mol. The molecule has 100 valence electrons. The smallest absolute Gasteiger partial charge is 0.320 e. The number of benzene rings is 1. The van der Waals surface area contributed by atoms with Crippen LogP contribution in [0.1, 0.15) is 18.9 Å². The highest BCUT2D eigenvalue weighted by Crippen LogP contribution is 2.13. The van der Waals surface area contributed by atoms with E-state index in [0.29, 0.717) is 11.3 Å². The Morgan fingerprint density at radius 3 is 2.74 bits per heavy atom. The predicted octanol–water partition coefficient (Wildman–Crippen LogP) is 0.950. The predicted molar refractivity (Wildman–Crippen MR) is 69.5 cm³/mol. The molecule has 0 bridgehead atoms. The van der Waals surface area contributed by atoms with Crippen LogP contribution in [0.15, 0.2) is 24.3 Å².